The second-order valence-corrected chi connectivity index (χ2v) is 8.18. The normalized spacial score (nSPS) is 17.2. The zero-order valence-corrected chi connectivity index (χ0v) is 17.1. The molecule has 6 nitrogen and oxygen atoms in total. The molecule has 0 radical (unpaired) electrons. The number of carbonyl (C=O) groups excluding carboxylic acids is 1. The molecule has 1 amide bonds. The van der Waals surface area contributed by atoms with Crippen LogP contribution in [0.4, 0.5) is 11.4 Å². The molecule has 3 aromatic rings. The van der Waals surface area contributed by atoms with Crippen molar-refractivity contribution in [1.82, 2.24) is 4.57 Å². The van der Waals surface area contributed by atoms with Crippen molar-refractivity contribution in [3.8, 4) is 0 Å². The number of fused-ring (bicyclic) bond motifs is 2. The second-order valence-electron chi connectivity index (χ2n) is 7.20. The summed E-state index contributed by atoms with van der Waals surface area (Å²) >= 11 is 1.30. The highest BCUT2D eigenvalue weighted by atomic mass is 32.1. The van der Waals surface area contributed by atoms with Gasteiger partial charge in [-0.25, -0.2) is 4.99 Å². The number of thiazole rings is 1. The van der Waals surface area contributed by atoms with E-state index in [9.17, 15) is 9.59 Å². The lowest BCUT2D eigenvalue weighted by atomic mass is 10.1. The Morgan fingerprint density at radius 1 is 1.07 bits per heavy atom. The number of nitrogens with zero attached hydrogens (tertiary/aromatic N) is 4. The average Bonchev–Trinajstić information content (AvgIpc) is 3.21. The lowest BCUT2D eigenvalue weighted by Gasteiger charge is -2.25. The smallest absolute Gasteiger partial charge is 0.272 e. The van der Waals surface area contributed by atoms with E-state index in [0.717, 1.165) is 23.4 Å². The maximum Gasteiger partial charge on any atom is 0.272 e. The molecule has 3 heterocycles. The molecule has 2 aromatic carbocycles. The van der Waals surface area contributed by atoms with Crippen LogP contribution in [-0.2, 0) is 17.9 Å². The van der Waals surface area contributed by atoms with Gasteiger partial charge in [0.25, 0.3) is 11.5 Å². The van der Waals surface area contributed by atoms with E-state index in [0.29, 0.717) is 28.2 Å². The maximum atomic E-state index is 13.2. The number of aromatic nitrogens is 1. The molecular formula is C22H20N4O2S. The van der Waals surface area contributed by atoms with E-state index in [1.165, 1.54) is 16.9 Å². The molecule has 2 aliphatic rings. The van der Waals surface area contributed by atoms with Crippen LogP contribution in [0.15, 0.2) is 58.3 Å². The number of rotatable bonds is 2. The van der Waals surface area contributed by atoms with Crippen LogP contribution in [0.1, 0.15) is 18.1 Å². The second kappa shape index (κ2) is 6.70. The van der Waals surface area contributed by atoms with Gasteiger partial charge in [0, 0.05) is 18.3 Å². The summed E-state index contributed by atoms with van der Waals surface area (Å²) in [5.74, 6) is -0.144. The molecular weight excluding hydrogens is 384 g/mol. The number of carbonyl (C=O) groups is 1. The van der Waals surface area contributed by atoms with Crippen LogP contribution in [0.3, 0.4) is 0 Å². The van der Waals surface area contributed by atoms with Gasteiger partial charge in [-0.3, -0.25) is 14.2 Å². The third-order valence-electron chi connectivity index (χ3n) is 5.54. The minimum atomic E-state index is -0.155. The van der Waals surface area contributed by atoms with Crippen LogP contribution in [0.2, 0.25) is 0 Å². The highest BCUT2D eigenvalue weighted by Gasteiger charge is 2.32. The van der Waals surface area contributed by atoms with E-state index in [1.807, 2.05) is 24.3 Å². The van der Waals surface area contributed by atoms with Gasteiger partial charge < -0.3 is 9.80 Å². The molecule has 0 N–H and O–H groups in total. The summed E-state index contributed by atoms with van der Waals surface area (Å²) in [6.07, 6.45) is 0.991. The third kappa shape index (κ3) is 2.73. The Morgan fingerprint density at radius 3 is 2.59 bits per heavy atom. The van der Waals surface area contributed by atoms with E-state index >= 15 is 0 Å². The monoisotopic (exact) mass is 404 g/mol. The standard InChI is InChI=1S/C22H20N4O2S/c1-3-14-8-10-15(11-9-14)25-12-23-22-26(13-25)21(28)19(29-22)18-16-6-4-5-7-17(16)24(2)20(18)27/h4-11H,3,12-13H2,1-2H3. The molecule has 5 rings (SSSR count). The number of hydrogen-bond acceptors (Lipinski definition) is 5. The van der Waals surface area contributed by atoms with Gasteiger partial charge in [0.15, 0.2) is 4.80 Å². The van der Waals surface area contributed by atoms with Crippen molar-refractivity contribution in [2.24, 2.45) is 4.99 Å². The summed E-state index contributed by atoms with van der Waals surface area (Å²) in [5.41, 5.74) is 4.27. The Kier molecular flexibility index (Phi) is 4.13. The zero-order valence-electron chi connectivity index (χ0n) is 16.3. The molecule has 0 saturated carbocycles. The Hall–Kier alpha value is -3.19. The van der Waals surface area contributed by atoms with E-state index in [4.69, 9.17) is 0 Å². The quantitative estimate of drug-likeness (QED) is 0.653. The zero-order chi connectivity index (χ0) is 20.1. The van der Waals surface area contributed by atoms with Crippen molar-refractivity contribution in [3.63, 3.8) is 0 Å². The van der Waals surface area contributed by atoms with Gasteiger partial charge in [-0.1, -0.05) is 48.6 Å². The first-order chi connectivity index (χ1) is 14.1. The number of benzene rings is 2. The minimum Gasteiger partial charge on any atom is -0.334 e. The first-order valence-corrected chi connectivity index (χ1v) is 10.4. The first-order valence-electron chi connectivity index (χ1n) is 9.58. The fourth-order valence-electron chi connectivity index (χ4n) is 3.86. The summed E-state index contributed by atoms with van der Waals surface area (Å²) in [4.78, 5) is 35.1. The van der Waals surface area contributed by atoms with Crippen LogP contribution in [0, 0.1) is 0 Å². The number of hydrogen-bond donors (Lipinski definition) is 0. The highest BCUT2D eigenvalue weighted by Crippen LogP contribution is 2.33. The molecule has 0 spiro atoms. The summed E-state index contributed by atoms with van der Waals surface area (Å²) in [6, 6.07) is 15.9. The number of anilines is 2. The van der Waals surface area contributed by atoms with Crippen molar-refractivity contribution in [3.05, 3.63) is 79.3 Å². The van der Waals surface area contributed by atoms with E-state index in [1.54, 1.807) is 16.5 Å². The average molecular weight is 404 g/mol. The summed E-state index contributed by atoms with van der Waals surface area (Å²) in [5, 5.41) is 0. The third-order valence-corrected chi connectivity index (χ3v) is 6.66. The molecule has 1 aromatic heterocycles. The lowest BCUT2D eigenvalue weighted by Crippen LogP contribution is -2.43. The van der Waals surface area contributed by atoms with Gasteiger partial charge in [-0.05, 0) is 30.2 Å². The molecule has 29 heavy (non-hydrogen) atoms. The molecule has 0 unspecified atom stereocenters. The SMILES string of the molecule is CCc1ccc(N2CN=c3sc(=C4C(=O)N(C)c5ccccc54)c(=O)n3C2)cc1. The number of likely N-dealkylation sites (N-methyl/N-ethyl adjacent to an activating group) is 1. The van der Waals surface area contributed by atoms with Gasteiger partial charge >= 0.3 is 0 Å². The molecule has 146 valence electrons. The van der Waals surface area contributed by atoms with Crippen LogP contribution < -0.4 is 24.7 Å². The van der Waals surface area contributed by atoms with Gasteiger partial charge in [-0.15, -0.1) is 0 Å². The summed E-state index contributed by atoms with van der Waals surface area (Å²) in [6.45, 7) is 3.05. The topological polar surface area (TPSA) is 57.9 Å². The molecule has 0 atom stereocenters. The van der Waals surface area contributed by atoms with Crippen LogP contribution in [0.5, 0.6) is 0 Å². The van der Waals surface area contributed by atoms with Gasteiger partial charge in [0.1, 0.15) is 17.9 Å². The first kappa shape index (κ1) is 17.9. The fourth-order valence-corrected chi connectivity index (χ4v) is 4.91. The Morgan fingerprint density at radius 2 is 1.83 bits per heavy atom. The largest absolute Gasteiger partial charge is 0.334 e. The number of aryl methyl sites for hydroxylation is 1. The van der Waals surface area contributed by atoms with Crippen molar-refractivity contribution in [1.29, 1.82) is 0 Å². The van der Waals surface area contributed by atoms with Crippen LogP contribution in [-0.4, -0.2) is 24.2 Å². The minimum absolute atomic E-state index is 0.144. The molecule has 0 bridgehead atoms. The molecule has 0 fully saturated rings. The van der Waals surface area contributed by atoms with Crippen molar-refractivity contribution in [2.45, 2.75) is 20.0 Å². The lowest BCUT2D eigenvalue weighted by molar-refractivity contribution is -0.112. The molecule has 0 saturated heterocycles. The maximum absolute atomic E-state index is 13.2. The Balaban J connectivity index is 1.61. The van der Waals surface area contributed by atoms with Crippen LogP contribution in [0.25, 0.3) is 5.57 Å². The van der Waals surface area contributed by atoms with E-state index in [-0.39, 0.29) is 11.5 Å². The van der Waals surface area contributed by atoms with Crippen molar-refractivity contribution in [2.75, 3.05) is 23.5 Å². The number of amides is 1. The number of para-hydroxylation sites is 1. The van der Waals surface area contributed by atoms with E-state index in [2.05, 4.69) is 41.1 Å². The summed E-state index contributed by atoms with van der Waals surface area (Å²) in [7, 11) is 1.74. The Bertz CT molecular complexity index is 1300. The van der Waals surface area contributed by atoms with Gasteiger partial charge in [0.2, 0.25) is 0 Å². The molecule has 2 aliphatic heterocycles. The predicted octanol–water partition coefficient (Wildman–Crippen LogP) is 1.70. The highest BCUT2D eigenvalue weighted by molar-refractivity contribution is 7.07. The van der Waals surface area contributed by atoms with Gasteiger partial charge in [-0.2, -0.15) is 0 Å². The van der Waals surface area contributed by atoms with E-state index < -0.39 is 0 Å². The van der Waals surface area contributed by atoms with Gasteiger partial charge in [0.05, 0.1) is 11.3 Å². The van der Waals surface area contributed by atoms with Crippen molar-refractivity contribution < 1.29 is 4.79 Å². The predicted molar refractivity (Wildman–Crippen MR) is 115 cm³/mol. The fraction of sp³-hybridized carbons (Fsp3) is 0.227. The van der Waals surface area contributed by atoms with Crippen LogP contribution >= 0.6 is 11.3 Å². The molecule has 7 heteroatoms. The Labute approximate surface area is 171 Å². The molecule has 0 aliphatic carbocycles. The summed E-state index contributed by atoms with van der Waals surface area (Å²) < 4.78 is 2.13. The van der Waals surface area contributed by atoms with Crippen molar-refractivity contribution >= 4 is 34.2 Å².